The van der Waals surface area contributed by atoms with E-state index in [0.717, 1.165) is 5.56 Å². The number of aliphatic hydroxyl groups excluding tert-OH is 1. The average molecular weight is 477 g/mol. The first-order chi connectivity index (χ1) is 16.2. The van der Waals surface area contributed by atoms with Gasteiger partial charge in [-0.3, -0.25) is 19.5 Å². The number of aryl methyl sites for hydroxylation is 1. The van der Waals surface area contributed by atoms with Crippen molar-refractivity contribution in [2.45, 2.75) is 39.8 Å². The Morgan fingerprint density at radius 2 is 1.88 bits per heavy atom. The Hall–Kier alpha value is -3.64. The standard InChI is InChI=1S/C27H25ClN2O4/c1-15(2)34-22-11-10-18(13-16(22)3)25(31)23-24(19-7-6-12-29-14-19)30(27(33)26(23)32)21-9-5-8-20(28)17(21)4/h5-15,24,31H,1-4H3/b25-23+. The van der Waals surface area contributed by atoms with Crippen molar-refractivity contribution in [3.63, 3.8) is 0 Å². The average Bonchev–Trinajstić information content (AvgIpc) is 3.07. The zero-order valence-electron chi connectivity index (χ0n) is 19.4. The summed E-state index contributed by atoms with van der Waals surface area (Å²) in [4.78, 5) is 32.1. The van der Waals surface area contributed by atoms with Crippen LogP contribution in [0, 0.1) is 13.8 Å². The summed E-state index contributed by atoms with van der Waals surface area (Å²) >= 11 is 6.32. The van der Waals surface area contributed by atoms with Gasteiger partial charge in [-0.1, -0.05) is 23.7 Å². The van der Waals surface area contributed by atoms with Crippen LogP contribution in [0.15, 0.2) is 66.5 Å². The van der Waals surface area contributed by atoms with Crippen LogP contribution < -0.4 is 9.64 Å². The molecule has 1 unspecified atom stereocenters. The quantitative estimate of drug-likeness (QED) is 0.287. The number of aliphatic hydroxyl groups is 1. The Morgan fingerprint density at radius 1 is 1.12 bits per heavy atom. The predicted molar refractivity (Wildman–Crippen MR) is 132 cm³/mol. The van der Waals surface area contributed by atoms with Gasteiger partial charge >= 0.3 is 0 Å². The van der Waals surface area contributed by atoms with Gasteiger partial charge in [0.05, 0.1) is 17.7 Å². The van der Waals surface area contributed by atoms with Crippen LogP contribution in [0.4, 0.5) is 5.69 Å². The highest BCUT2D eigenvalue weighted by molar-refractivity contribution is 6.52. The number of ketones is 1. The van der Waals surface area contributed by atoms with Gasteiger partial charge in [-0.25, -0.2) is 0 Å². The molecule has 0 bridgehead atoms. The third-order valence-corrected chi connectivity index (χ3v) is 6.16. The summed E-state index contributed by atoms with van der Waals surface area (Å²) in [5, 5.41) is 11.8. The molecule has 1 atom stereocenters. The molecule has 34 heavy (non-hydrogen) atoms. The summed E-state index contributed by atoms with van der Waals surface area (Å²) in [6, 6.07) is 13.0. The third kappa shape index (κ3) is 4.17. The molecule has 1 fully saturated rings. The minimum Gasteiger partial charge on any atom is -0.507 e. The topological polar surface area (TPSA) is 79.7 Å². The molecule has 0 radical (unpaired) electrons. The van der Waals surface area contributed by atoms with Gasteiger partial charge in [0.15, 0.2) is 0 Å². The van der Waals surface area contributed by atoms with Crippen LogP contribution >= 0.6 is 11.6 Å². The predicted octanol–water partition coefficient (Wildman–Crippen LogP) is 5.77. The number of halogens is 1. The molecule has 0 spiro atoms. The van der Waals surface area contributed by atoms with E-state index < -0.39 is 17.7 Å². The Labute approximate surface area is 203 Å². The Kier molecular flexibility index (Phi) is 6.44. The maximum absolute atomic E-state index is 13.3. The molecule has 7 heteroatoms. The molecule has 2 aromatic carbocycles. The number of pyridine rings is 1. The van der Waals surface area contributed by atoms with E-state index in [1.807, 2.05) is 20.8 Å². The number of Topliss-reactive ketones (excluding diaryl/α,β-unsaturated/α-hetero) is 1. The first-order valence-corrected chi connectivity index (χ1v) is 11.3. The fourth-order valence-electron chi connectivity index (χ4n) is 4.13. The SMILES string of the molecule is Cc1cc(/C(O)=C2\C(=O)C(=O)N(c3cccc(Cl)c3C)C2c2cccnc2)ccc1OC(C)C. The fraction of sp³-hybridized carbons (Fsp3) is 0.222. The second-order valence-electron chi connectivity index (χ2n) is 8.49. The van der Waals surface area contributed by atoms with Crippen LogP contribution in [0.25, 0.3) is 5.76 Å². The maximum atomic E-state index is 13.3. The normalized spacial score (nSPS) is 17.5. The van der Waals surface area contributed by atoms with Crippen LogP contribution in [-0.2, 0) is 9.59 Å². The van der Waals surface area contributed by atoms with Crippen molar-refractivity contribution in [2.24, 2.45) is 0 Å². The summed E-state index contributed by atoms with van der Waals surface area (Å²) in [7, 11) is 0. The smallest absolute Gasteiger partial charge is 0.300 e. The number of ether oxygens (including phenoxy) is 1. The Bertz CT molecular complexity index is 1300. The molecule has 1 saturated heterocycles. The minimum absolute atomic E-state index is 0.00464. The number of nitrogens with zero attached hydrogens (tertiary/aromatic N) is 2. The Morgan fingerprint density at radius 3 is 2.53 bits per heavy atom. The molecule has 1 N–H and O–H groups in total. The molecule has 6 nitrogen and oxygen atoms in total. The van der Waals surface area contributed by atoms with Crippen LogP contribution in [0.5, 0.6) is 5.75 Å². The lowest BCUT2D eigenvalue weighted by molar-refractivity contribution is -0.132. The lowest BCUT2D eigenvalue weighted by atomic mass is 9.95. The van der Waals surface area contributed by atoms with Gasteiger partial charge in [0.25, 0.3) is 11.7 Å². The molecule has 1 aliphatic heterocycles. The van der Waals surface area contributed by atoms with E-state index in [1.165, 1.54) is 4.90 Å². The van der Waals surface area contributed by atoms with Gasteiger partial charge in [-0.05, 0) is 80.8 Å². The van der Waals surface area contributed by atoms with Crippen molar-refractivity contribution in [1.82, 2.24) is 4.98 Å². The summed E-state index contributed by atoms with van der Waals surface area (Å²) in [6.45, 7) is 7.51. The highest BCUT2D eigenvalue weighted by atomic mass is 35.5. The fourth-order valence-corrected chi connectivity index (χ4v) is 4.30. The number of hydrogen-bond acceptors (Lipinski definition) is 5. The van der Waals surface area contributed by atoms with Gasteiger partial charge in [0.2, 0.25) is 0 Å². The lowest BCUT2D eigenvalue weighted by Crippen LogP contribution is -2.30. The summed E-state index contributed by atoms with van der Waals surface area (Å²) in [5.41, 5.74) is 2.97. The second-order valence-corrected chi connectivity index (χ2v) is 8.89. The highest BCUT2D eigenvalue weighted by Gasteiger charge is 2.47. The van der Waals surface area contributed by atoms with Crippen molar-refractivity contribution < 1.29 is 19.4 Å². The van der Waals surface area contributed by atoms with E-state index in [4.69, 9.17) is 16.3 Å². The number of rotatable bonds is 5. The first-order valence-electron chi connectivity index (χ1n) is 10.9. The second kappa shape index (κ2) is 9.31. The molecule has 3 aromatic rings. The molecule has 0 saturated carbocycles. The number of carbonyl (C=O) groups is 2. The van der Waals surface area contributed by atoms with Gasteiger partial charge < -0.3 is 9.84 Å². The lowest BCUT2D eigenvalue weighted by Gasteiger charge is -2.27. The van der Waals surface area contributed by atoms with E-state index in [-0.39, 0.29) is 17.4 Å². The van der Waals surface area contributed by atoms with Crippen molar-refractivity contribution in [1.29, 1.82) is 0 Å². The molecular weight excluding hydrogens is 452 g/mol. The molecule has 174 valence electrons. The number of aromatic nitrogens is 1. The van der Waals surface area contributed by atoms with Crippen LogP contribution in [0.2, 0.25) is 5.02 Å². The van der Waals surface area contributed by atoms with Crippen molar-refractivity contribution in [2.75, 3.05) is 4.90 Å². The molecule has 0 aliphatic carbocycles. The van der Waals surface area contributed by atoms with E-state index in [9.17, 15) is 14.7 Å². The van der Waals surface area contributed by atoms with Crippen molar-refractivity contribution >= 4 is 34.7 Å². The van der Waals surface area contributed by atoms with Crippen molar-refractivity contribution in [3.8, 4) is 5.75 Å². The largest absolute Gasteiger partial charge is 0.507 e. The van der Waals surface area contributed by atoms with E-state index in [1.54, 1.807) is 67.8 Å². The van der Waals surface area contributed by atoms with Crippen LogP contribution in [0.3, 0.4) is 0 Å². The molecule has 1 aromatic heterocycles. The summed E-state index contributed by atoms with van der Waals surface area (Å²) < 4.78 is 5.79. The first kappa shape index (κ1) is 23.5. The molecule has 2 heterocycles. The number of amides is 1. The monoisotopic (exact) mass is 476 g/mol. The highest BCUT2D eigenvalue weighted by Crippen LogP contribution is 2.44. The van der Waals surface area contributed by atoms with Crippen LogP contribution in [0.1, 0.15) is 42.1 Å². The number of anilines is 1. The van der Waals surface area contributed by atoms with E-state index in [2.05, 4.69) is 4.98 Å². The zero-order valence-corrected chi connectivity index (χ0v) is 20.1. The van der Waals surface area contributed by atoms with E-state index >= 15 is 0 Å². The van der Waals surface area contributed by atoms with Crippen molar-refractivity contribution in [3.05, 3.63) is 93.8 Å². The number of benzene rings is 2. The Balaban J connectivity index is 1.91. The van der Waals surface area contributed by atoms with Gasteiger partial charge in [0.1, 0.15) is 11.5 Å². The minimum atomic E-state index is -0.863. The molecule has 1 aliphatic rings. The zero-order chi connectivity index (χ0) is 24.6. The molecular formula is C27H25ClN2O4. The summed E-state index contributed by atoms with van der Waals surface area (Å²) in [6.07, 6.45) is 3.19. The van der Waals surface area contributed by atoms with Gasteiger partial charge in [-0.2, -0.15) is 0 Å². The number of carbonyl (C=O) groups excluding carboxylic acids is 2. The maximum Gasteiger partial charge on any atom is 0.300 e. The van der Waals surface area contributed by atoms with Crippen LogP contribution in [-0.4, -0.2) is 27.9 Å². The molecule has 4 rings (SSSR count). The molecule has 1 amide bonds. The number of hydrogen-bond donors (Lipinski definition) is 1. The third-order valence-electron chi connectivity index (χ3n) is 5.75. The summed E-state index contributed by atoms with van der Waals surface area (Å²) in [5.74, 6) is -1.08. The van der Waals surface area contributed by atoms with Gasteiger partial charge in [-0.15, -0.1) is 0 Å². The van der Waals surface area contributed by atoms with Gasteiger partial charge in [0, 0.05) is 28.7 Å². The van der Waals surface area contributed by atoms with E-state index in [0.29, 0.717) is 33.1 Å².